The van der Waals surface area contributed by atoms with Crippen LogP contribution in [0.3, 0.4) is 0 Å². The first-order valence-electron chi connectivity index (χ1n) is 7.00. The molecule has 0 saturated heterocycles. The monoisotopic (exact) mass is 281 g/mol. The van der Waals surface area contributed by atoms with Crippen LogP contribution in [-0.2, 0) is 6.54 Å². The Bertz CT molecular complexity index is 681. The minimum absolute atomic E-state index is 0.382. The van der Waals surface area contributed by atoms with Crippen LogP contribution in [0.5, 0.6) is 0 Å². The van der Waals surface area contributed by atoms with Gasteiger partial charge in [0.15, 0.2) is 0 Å². The molecule has 0 saturated carbocycles. The third-order valence-electron chi connectivity index (χ3n) is 3.57. The van der Waals surface area contributed by atoms with Crippen molar-refractivity contribution in [1.82, 2.24) is 5.32 Å². The number of fused-ring (bicyclic) bond motifs is 1. The topological polar surface area (TPSA) is 12.0 Å². The van der Waals surface area contributed by atoms with Crippen molar-refractivity contribution < 1.29 is 0 Å². The fourth-order valence-electron chi connectivity index (χ4n) is 2.41. The molecule has 0 aliphatic heterocycles. The van der Waals surface area contributed by atoms with Crippen LogP contribution in [0.15, 0.2) is 54.6 Å². The second-order valence-corrected chi connectivity index (χ2v) is 6.39. The maximum Gasteiger partial charge on any atom is 0.0389 e. The molecule has 0 amide bonds. The van der Waals surface area contributed by atoms with E-state index >= 15 is 0 Å². The fourth-order valence-corrected chi connectivity index (χ4v) is 3.50. The highest BCUT2D eigenvalue weighted by Gasteiger charge is 2.08. The molecule has 3 aromatic rings. The number of hydrogen-bond donors (Lipinski definition) is 1. The first kappa shape index (κ1) is 13.3. The molecule has 102 valence electrons. The van der Waals surface area contributed by atoms with Gasteiger partial charge in [-0.1, -0.05) is 48.0 Å². The zero-order valence-corrected chi connectivity index (χ0v) is 12.7. The number of nitrogens with one attached hydrogen (secondary N) is 1. The largest absolute Gasteiger partial charge is 0.305 e. The highest BCUT2D eigenvalue weighted by Crippen LogP contribution is 2.29. The molecule has 2 heteroatoms. The van der Waals surface area contributed by atoms with Crippen LogP contribution >= 0.6 is 11.3 Å². The van der Waals surface area contributed by atoms with Crippen molar-refractivity contribution in [1.29, 1.82) is 0 Å². The van der Waals surface area contributed by atoms with E-state index in [-0.39, 0.29) is 0 Å². The van der Waals surface area contributed by atoms with Crippen LogP contribution in [0.2, 0.25) is 0 Å². The van der Waals surface area contributed by atoms with E-state index in [9.17, 15) is 0 Å². The van der Waals surface area contributed by atoms with Gasteiger partial charge in [0.05, 0.1) is 0 Å². The van der Waals surface area contributed by atoms with E-state index < -0.39 is 0 Å². The van der Waals surface area contributed by atoms with Gasteiger partial charge in [0.25, 0.3) is 0 Å². The molecule has 1 aromatic heterocycles. The lowest BCUT2D eigenvalue weighted by Gasteiger charge is -2.12. The van der Waals surface area contributed by atoms with Crippen molar-refractivity contribution in [3.05, 3.63) is 70.6 Å². The van der Waals surface area contributed by atoms with E-state index in [1.807, 2.05) is 11.3 Å². The summed E-state index contributed by atoms with van der Waals surface area (Å²) in [6.45, 7) is 5.29. The summed E-state index contributed by atoms with van der Waals surface area (Å²) in [6.07, 6.45) is 0. The average Bonchev–Trinajstić information content (AvgIpc) is 2.89. The maximum atomic E-state index is 3.61. The van der Waals surface area contributed by atoms with Gasteiger partial charge in [-0.15, -0.1) is 11.3 Å². The predicted octanol–water partition coefficient (Wildman–Crippen LogP) is 5.06. The summed E-state index contributed by atoms with van der Waals surface area (Å²) in [7, 11) is 0. The molecule has 20 heavy (non-hydrogen) atoms. The molecule has 0 aliphatic carbocycles. The third-order valence-corrected chi connectivity index (χ3v) is 4.87. The lowest BCUT2D eigenvalue weighted by Crippen LogP contribution is -2.17. The van der Waals surface area contributed by atoms with E-state index in [2.05, 4.69) is 73.8 Å². The van der Waals surface area contributed by atoms with Crippen LogP contribution in [0.25, 0.3) is 10.1 Å². The SMILES string of the molecule is Cc1cccc(CNC(C)c2cc3ccccc3s2)c1. The van der Waals surface area contributed by atoms with Crippen LogP contribution in [-0.4, -0.2) is 0 Å². The first-order valence-corrected chi connectivity index (χ1v) is 7.81. The molecular formula is C18H19NS. The van der Waals surface area contributed by atoms with Crippen molar-refractivity contribution in [2.45, 2.75) is 26.4 Å². The highest BCUT2D eigenvalue weighted by atomic mass is 32.1. The van der Waals surface area contributed by atoms with Gasteiger partial charge in [-0.25, -0.2) is 0 Å². The number of aryl methyl sites for hydroxylation is 1. The fraction of sp³-hybridized carbons (Fsp3) is 0.222. The Morgan fingerprint density at radius 2 is 1.90 bits per heavy atom. The molecule has 1 nitrogen and oxygen atoms in total. The number of benzene rings is 2. The summed E-state index contributed by atoms with van der Waals surface area (Å²) in [5, 5.41) is 4.96. The van der Waals surface area contributed by atoms with Gasteiger partial charge in [-0.3, -0.25) is 0 Å². The number of rotatable bonds is 4. The number of thiophene rings is 1. The molecular weight excluding hydrogens is 262 g/mol. The molecule has 0 bridgehead atoms. The molecule has 1 N–H and O–H groups in total. The summed E-state index contributed by atoms with van der Waals surface area (Å²) in [4.78, 5) is 1.40. The molecule has 1 heterocycles. The molecule has 2 aromatic carbocycles. The van der Waals surface area contributed by atoms with Crippen LogP contribution in [0.1, 0.15) is 29.0 Å². The average molecular weight is 281 g/mol. The summed E-state index contributed by atoms with van der Waals surface area (Å²) in [5.41, 5.74) is 2.66. The molecule has 0 fully saturated rings. The molecule has 3 rings (SSSR count). The van der Waals surface area contributed by atoms with E-state index in [4.69, 9.17) is 0 Å². The molecule has 1 unspecified atom stereocenters. The second-order valence-electron chi connectivity index (χ2n) is 5.28. The Hall–Kier alpha value is -1.64. The third kappa shape index (κ3) is 2.92. The van der Waals surface area contributed by atoms with E-state index in [1.54, 1.807) is 0 Å². The van der Waals surface area contributed by atoms with Crippen LogP contribution in [0, 0.1) is 6.92 Å². The van der Waals surface area contributed by atoms with Gasteiger partial charge in [-0.05, 0) is 36.9 Å². The molecule has 1 atom stereocenters. The van der Waals surface area contributed by atoms with Crippen molar-refractivity contribution in [2.75, 3.05) is 0 Å². The van der Waals surface area contributed by atoms with Gasteiger partial charge in [0, 0.05) is 22.2 Å². The second kappa shape index (κ2) is 5.78. The zero-order chi connectivity index (χ0) is 13.9. The minimum Gasteiger partial charge on any atom is -0.305 e. The Balaban J connectivity index is 1.71. The van der Waals surface area contributed by atoms with Crippen molar-refractivity contribution in [3.8, 4) is 0 Å². The van der Waals surface area contributed by atoms with Crippen molar-refractivity contribution >= 4 is 21.4 Å². The van der Waals surface area contributed by atoms with E-state index in [1.165, 1.54) is 26.1 Å². The standard InChI is InChI=1S/C18H19NS/c1-13-6-5-7-15(10-13)12-19-14(2)18-11-16-8-3-4-9-17(16)20-18/h3-11,14,19H,12H2,1-2H3. The lowest BCUT2D eigenvalue weighted by atomic mass is 10.1. The van der Waals surface area contributed by atoms with E-state index in [0.29, 0.717) is 6.04 Å². The van der Waals surface area contributed by atoms with Crippen molar-refractivity contribution in [2.24, 2.45) is 0 Å². The maximum absolute atomic E-state index is 3.61. The Morgan fingerprint density at radius 1 is 1.05 bits per heavy atom. The molecule has 0 aliphatic rings. The van der Waals surface area contributed by atoms with Crippen molar-refractivity contribution in [3.63, 3.8) is 0 Å². The van der Waals surface area contributed by atoms with E-state index in [0.717, 1.165) is 6.54 Å². The van der Waals surface area contributed by atoms with Gasteiger partial charge in [0.2, 0.25) is 0 Å². The first-order chi connectivity index (χ1) is 9.72. The normalized spacial score (nSPS) is 12.7. The molecule has 0 spiro atoms. The van der Waals surface area contributed by atoms with Crippen LogP contribution in [0.4, 0.5) is 0 Å². The van der Waals surface area contributed by atoms with Gasteiger partial charge in [0.1, 0.15) is 0 Å². The Kier molecular flexibility index (Phi) is 3.86. The Morgan fingerprint density at radius 3 is 2.70 bits per heavy atom. The van der Waals surface area contributed by atoms with Gasteiger partial charge in [-0.2, -0.15) is 0 Å². The smallest absolute Gasteiger partial charge is 0.0389 e. The quantitative estimate of drug-likeness (QED) is 0.704. The highest BCUT2D eigenvalue weighted by molar-refractivity contribution is 7.19. The summed E-state index contributed by atoms with van der Waals surface area (Å²) in [6, 6.07) is 19.9. The lowest BCUT2D eigenvalue weighted by molar-refractivity contribution is 0.583. The summed E-state index contributed by atoms with van der Waals surface area (Å²) in [5.74, 6) is 0. The number of hydrogen-bond acceptors (Lipinski definition) is 2. The van der Waals surface area contributed by atoms with Gasteiger partial charge >= 0.3 is 0 Å². The summed E-state index contributed by atoms with van der Waals surface area (Å²) < 4.78 is 1.37. The predicted molar refractivity (Wildman–Crippen MR) is 88.3 cm³/mol. The molecule has 0 radical (unpaired) electrons. The summed E-state index contributed by atoms with van der Waals surface area (Å²) >= 11 is 1.88. The minimum atomic E-state index is 0.382. The van der Waals surface area contributed by atoms with Gasteiger partial charge < -0.3 is 5.32 Å². The zero-order valence-electron chi connectivity index (χ0n) is 11.9. The van der Waals surface area contributed by atoms with Crippen LogP contribution < -0.4 is 5.32 Å². The Labute approximate surface area is 124 Å².